The Balaban J connectivity index is 1.65. The summed E-state index contributed by atoms with van der Waals surface area (Å²) in [6, 6.07) is 20.7. The molecule has 6 heteroatoms. The number of anilines is 1. The van der Waals surface area contributed by atoms with E-state index < -0.39 is 11.1 Å². The number of hydrogen-bond donors (Lipinski definition) is 2. The van der Waals surface area contributed by atoms with Gasteiger partial charge in [-0.15, -0.1) is 0 Å². The molecule has 1 unspecified atom stereocenters. The third kappa shape index (κ3) is 4.13. The zero-order valence-electron chi connectivity index (χ0n) is 12.6. The molecule has 122 valence electrons. The summed E-state index contributed by atoms with van der Waals surface area (Å²) in [6.45, 7) is 0. The number of rotatable bonds is 5. The molecule has 0 heterocycles. The van der Waals surface area contributed by atoms with E-state index >= 15 is 0 Å². The number of benzene rings is 3. The van der Waals surface area contributed by atoms with Crippen LogP contribution in [0.1, 0.15) is 0 Å². The van der Waals surface area contributed by atoms with Gasteiger partial charge in [0.2, 0.25) is 0 Å². The zero-order chi connectivity index (χ0) is 16.9. The first-order chi connectivity index (χ1) is 11.6. The maximum absolute atomic E-state index is 10.9. The lowest BCUT2D eigenvalue weighted by atomic mass is 10.3. The van der Waals surface area contributed by atoms with Gasteiger partial charge in [-0.25, -0.2) is 4.21 Å². The van der Waals surface area contributed by atoms with Gasteiger partial charge in [-0.3, -0.25) is 0 Å². The summed E-state index contributed by atoms with van der Waals surface area (Å²) >= 11 is -1.99. The monoisotopic (exact) mass is 341 g/mol. The first kappa shape index (κ1) is 16.0. The highest BCUT2D eigenvalue weighted by Gasteiger charge is 2.03. The van der Waals surface area contributed by atoms with Crippen LogP contribution in [0.15, 0.2) is 77.7 Å². The molecule has 0 fully saturated rings. The lowest BCUT2D eigenvalue weighted by Crippen LogP contribution is -1.89. The molecule has 3 N–H and O–H groups in total. The van der Waals surface area contributed by atoms with Crippen molar-refractivity contribution in [2.45, 2.75) is 4.90 Å². The minimum absolute atomic E-state index is 0.328. The Labute approximate surface area is 141 Å². The molecule has 0 amide bonds. The molecule has 0 radical (unpaired) electrons. The molecule has 3 rings (SSSR count). The largest absolute Gasteiger partial charge is 0.457 e. The van der Waals surface area contributed by atoms with Gasteiger partial charge < -0.3 is 19.8 Å². The molecule has 0 spiro atoms. The van der Waals surface area contributed by atoms with E-state index in [1.54, 1.807) is 72.8 Å². The second-order valence-corrected chi connectivity index (χ2v) is 5.93. The van der Waals surface area contributed by atoms with Crippen molar-refractivity contribution in [2.24, 2.45) is 0 Å². The van der Waals surface area contributed by atoms with Gasteiger partial charge in [0.05, 0.1) is 4.90 Å². The average molecular weight is 341 g/mol. The SMILES string of the molecule is Nc1ccc(Oc2ccc(Oc3ccc(S(=O)O)cc3)cc2)cc1. The third-order valence-corrected chi connectivity index (χ3v) is 3.88. The van der Waals surface area contributed by atoms with Crippen LogP contribution in [-0.2, 0) is 11.1 Å². The van der Waals surface area contributed by atoms with Crippen LogP contribution >= 0.6 is 0 Å². The number of hydrogen-bond acceptors (Lipinski definition) is 4. The van der Waals surface area contributed by atoms with Crippen LogP contribution < -0.4 is 15.2 Å². The van der Waals surface area contributed by atoms with Crippen LogP contribution in [0, 0.1) is 0 Å². The van der Waals surface area contributed by atoms with Crippen molar-refractivity contribution < 1.29 is 18.2 Å². The van der Waals surface area contributed by atoms with Crippen molar-refractivity contribution in [2.75, 3.05) is 5.73 Å². The molecular formula is C18H15NO4S. The van der Waals surface area contributed by atoms with E-state index in [0.717, 1.165) is 0 Å². The van der Waals surface area contributed by atoms with Crippen molar-refractivity contribution >= 4 is 16.8 Å². The van der Waals surface area contributed by atoms with Crippen molar-refractivity contribution in [3.8, 4) is 23.0 Å². The Morgan fingerprint density at radius 3 is 1.38 bits per heavy atom. The van der Waals surface area contributed by atoms with Crippen LogP contribution in [-0.4, -0.2) is 8.76 Å². The number of ether oxygens (including phenoxy) is 2. The van der Waals surface area contributed by atoms with E-state index in [4.69, 9.17) is 19.8 Å². The Hall–Kier alpha value is -2.83. The number of nitrogens with two attached hydrogens (primary N) is 1. The van der Waals surface area contributed by atoms with Gasteiger partial charge in [0, 0.05) is 5.69 Å². The molecule has 3 aromatic rings. The molecule has 0 saturated carbocycles. The fourth-order valence-corrected chi connectivity index (χ4v) is 2.38. The molecule has 0 aromatic heterocycles. The molecule has 0 bridgehead atoms. The topological polar surface area (TPSA) is 81.8 Å². The molecule has 1 atom stereocenters. The first-order valence-corrected chi connectivity index (χ1v) is 8.23. The standard InChI is InChI=1S/C18H15NO4S/c19-13-1-3-14(4-2-13)22-15-5-7-16(8-6-15)23-17-9-11-18(12-10-17)24(20)21/h1-12H,19H2,(H,20,21). The van der Waals surface area contributed by atoms with Crippen LogP contribution in [0.25, 0.3) is 0 Å². The molecule has 0 saturated heterocycles. The predicted molar refractivity (Wildman–Crippen MR) is 92.9 cm³/mol. The van der Waals surface area contributed by atoms with E-state index in [-0.39, 0.29) is 0 Å². The summed E-state index contributed by atoms with van der Waals surface area (Å²) in [5, 5.41) is 0. The molecular weight excluding hydrogens is 326 g/mol. The van der Waals surface area contributed by atoms with Gasteiger partial charge in [0.15, 0.2) is 11.1 Å². The summed E-state index contributed by atoms with van der Waals surface area (Å²) in [7, 11) is 0. The fraction of sp³-hybridized carbons (Fsp3) is 0. The minimum atomic E-state index is -1.99. The lowest BCUT2D eigenvalue weighted by Gasteiger charge is -2.08. The van der Waals surface area contributed by atoms with Crippen molar-refractivity contribution in [1.29, 1.82) is 0 Å². The zero-order valence-corrected chi connectivity index (χ0v) is 13.4. The van der Waals surface area contributed by atoms with E-state index in [1.807, 2.05) is 0 Å². The molecule has 0 aliphatic rings. The second-order valence-electron chi connectivity index (χ2n) is 4.97. The van der Waals surface area contributed by atoms with Gasteiger partial charge in [-0.2, -0.15) is 0 Å². The molecule has 0 aliphatic heterocycles. The Bertz CT molecular complexity index is 830. The molecule has 0 aliphatic carbocycles. The maximum Gasteiger partial charge on any atom is 0.186 e. The van der Waals surface area contributed by atoms with Crippen LogP contribution in [0.2, 0.25) is 0 Å². The normalized spacial score (nSPS) is 11.7. The maximum atomic E-state index is 10.9. The van der Waals surface area contributed by atoms with Gasteiger partial charge in [-0.05, 0) is 72.8 Å². The van der Waals surface area contributed by atoms with E-state index in [9.17, 15) is 4.21 Å². The van der Waals surface area contributed by atoms with Crippen LogP contribution in [0.3, 0.4) is 0 Å². The molecule has 5 nitrogen and oxygen atoms in total. The predicted octanol–water partition coefficient (Wildman–Crippen LogP) is 4.43. The van der Waals surface area contributed by atoms with Gasteiger partial charge in [0.1, 0.15) is 23.0 Å². The highest BCUT2D eigenvalue weighted by Crippen LogP contribution is 2.27. The van der Waals surface area contributed by atoms with Gasteiger partial charge in [0.25, 0.3) is 0 Å². The Kier molecular flexibility index (Phi) is 4.79. The quantitative estimate of drug-likeness (QED) is 0.530. The minimum Gasteiger partial charge on any atom is -0.457 e. The highest BCUT2D eigenvalue weighted by molar-refractivity contribution is 7.79. The summed E-state index contributed by atoms with van der Waals surface area (Å²) in [4.78, 5) is 0.328. The summed E-state index contributed by atoms with van der Waals surface area (Å²) in [6.07, 6.45) is 0. The van der Waals surface area contributed by atoms with Gasteiger partial charge >= 0.3 is 0 Å². The highest BCUT2D eigenvalue weighted by atomic mass is 32.2. The summed E-state index contributed by atoms with van der Waals surface area (Å²) < 4.78 is 31.3. The Morgan fingerprint density at radius 2 is 1.00 bits per heavy atom. The molecule has 24 heavy (non-hydrogen) atoms. The summed E-state index contributed by atoms with van der Waals surface area (Å²) in [5.41, 5.74) is 6.32. The van der Waals surface area contributed by atoms with Gasteiger partial charge in [-0.1, -0.05) is 0 Å². The smallest absolute Gasteiger partial charge is 0.186 e. The van der Waals surface area contributed by atoms with Crippen molar-refractivity contribution in [3.63, 3.8) is 0 Å². The van der Waals surface area contributed by atoms with Crippen molar-refractivity contribution in [3.05, 3.63) is 72.8 Å². The lowest BCUT2D eigenvalue weighted by molar-refractivity contribution is 0.469. The van der Waals surface area contributed by atoms with E-state index in [0.29, 0.717) is 33.6 Å². The third-order valence-electron chi connectivity index (χ3n) is 3.20. The van der Waals surface area contributed by atoms with Crippen LogP contribution in [0.4, 0.5) is 5.69 Å². The van der Waals surface area contributed by atoms with Crippen molar-refractivity contribution in [1.82, 2.24) is 0 Å². The van der Waals surface area contributed by atoms with E-state index in [1.165, 1.54) is 0 Å². The average Bonchev–Trinajstić information content (AvgIpc) is 2.59. The molecule has 3 aromatic carbocycles. The fourth-order valence-electron chi connectivity index (χ4n) is 2.01. The van der Waals surface area contributed by atoms with Crippen LogP contribution in [0.5, 0.6) is 23.0 Å². The van der Waals surface area contributed by atoms with E-state index in [2.05, 4.69) is 0 Å². The second kappa shape index (κ2) is 7.16. The number of nitrogen functional groups attached to an aromatic ring is 1. The first-order valence-electron chi connectivity index (χ1n) is 7.12. The Morgan fingerprint density at radius 1 is 0.667 bits per heavy atom. The summed E-state index contributed by atoms with van der Waals surface area (Å²) in [5.74, 6) is 2.59.